The van der Waals surface area contributed by atoms with E-state index in [1.165, 1.54) is 31.3 Å². The third kappa shape index (κ3) is 3.91. The van der Waals surface area contributed by atoms with Gasteiger partial charge in [0.05, 0.1) is 0 Å². The zero-order chi connectivity index (χ0) is 14.6. The molecule has 2 N–H and O–H groups in total. The second kappa shape index (κ2) is 6.51. The van der Waals surface area contributed by atoms with Crippen LogP contribution in [0.3, 0.4) is 0 Å². The first-order valence-electron chi connectivity index (χ1n) is 6.88. The Hall–Kier alpha value is -1.18. The van der Waals surface area contributed by atoms with Gasteiger partial charge in [0.25, 0.3) is 0 Å². The maximum Gasteiger partial charge on any atom is 0.245 e. The van der Waals surface area contributed by atoms with E-state index in [2.05, 4.69) is 14.6 Å². The zero-order valence-electron chi connectivity index (χ0n) is 11.6. The van der Waals surface area contributed by atoms with Crippen molar-refractivity contribution < 1.29 is 8.42 Å². The van der Waals surface area contributed by atoms with E-state index in [1.807, 2.05) is 6.92 Å². The lowest BCUT2D eigenvalue weighted by Crippen LogP contribution is -2.35. The predicted octanol–water partition coefficient (Wildman–Crippen LogP) is 0.385. The van der Waals surface area contributed by atoms with Crippen molar-refractivity contribution in [2.24, 2.45) is 5.92 Å². The summed E-state index contributed by atoms with van der Waals surface area (Å²) in [6.45, 7) is 5.42. The monoisotopic (exact) mass is 299 g/mol. The van der Waals surface area contributed by atoms with E-state index in [9.17, 15) is 13.2 Å². The minimum atomic E-state index is -3.73. The Morgan fingerprint density at radius 1 is 1.40 bits per heavy atom. The van der Waals surface area contributed by atoms with Crippen molar-refractivity contribution in [1.29, 1.82) is 0 Å². The van der Waals surface area contributed by atoms with Crippen molar-refractivity contribution in [3.63, 3.8) is 0 Å². The first-order chi connectivity index (χ1) is 9.49. The normalized spacial score (nSPS) is 18.2. The third-order valence-corrected chi connectivity index (χ3v) is 4.91. The summed E-state index contributed by atoms with van der Waals surface area (Å²) in [7, 11) is -3.73. The second-order valence-corrected chi connectivity index (χ2v) is 7.07. The van der Waals surface area contributed by atoms with Crippen molar-refractivity contribution >= 4 is 10.0 Å². The number of pyridine rings is 1. The summed E-state index contributed by atoms with van der Waals surface area (Å²) in [4.78, 5) is 16.3. The van der Waals surface area contributed by atoms with Gasteiger partial charge >= 0.3 is 0 Å². The third-order valence-electron chi connectivity index (χ3n) is 3.47. The molecule has 1 aliphatic heterocycles. The molecule has 0 aliphatic carbocycles. The lowest BCUT2D eigenvalue weighted by Gasteiger charge is -2.20. The molecule has 2 heterocycles. The Morgan fingerprint density at radius 2 is 2.10 bits per heavy atom. The number of likely N-dealkylation sites (tertiary alicyclic amines) is 1. The highest BCUT2D eigenvalue weighted by molar-refractivity contribution is 7.89. The predicted molar refractivity (Wildman–Crippen MR) is 77.1 cm³/mol. The van der Waals surface area contributed by atoms with Gasteiger partial charge < -0.3 is 9.88 Å². The van der Waals surface area contributed by atoms with E-state index in [1.54, 1.807) is 0 Å². The molecule has 6 nitrogen and oxygen atoms in total. The Balaban J connectivity index is 1.92. The largest absolute Gasteiger partial charge is 0.366 e. The highest BCUT2D eigenvalue weighted by atomic mass is 32.2. The summed E-state index contributed by atoms with van der Waals surface area (Å²) in [5, 5.41) is 0. The molecule has 0 saturated carbocycles. The molecule has 2 rings (SSSR count). The van der Waals surface area contributed by atoms with Gasteiger partial charge in [-0.05, 0) is 31.8 Å². The molecule has 1 aromatic rings. The number of nitrogens with one attached hydrogen (secondary N) is 2. The number of H-pyrrole nitrogens is 1. The number of aromatic amines is 1. The molecular weight excluding hydrogens is 278 g/mol. The van der Waals surface area contributed by atoms with E-state index in [0.717, 1.165) is 19.6 Å². The van der Waals surface area contributed by atoms with Crippen LogP contribution in [0.5, 0.6) is 0 Å². The smallest absolute Gasteiger partial charge is 0.245 e. The van der Waals surface area contributed by atoms with Crippen LogP contribution in [0.25, 0.3) is 0 Å². The van der Waals surface area contributed by atoms with Crippen molar-refractivity contribution in [3.05, 3.63) is 28.7 Å². The van der Waals surface area contributed by atoms with Crippen molar-refractivity contribution in [2.45, 2.75) is 24.7 Å². The SMILES string of the molecule is CC(CNS(=O)(=O)c1c[nH]ccc1=O)CN1CCCC1. The van der Waals surface area contributed by atoms with Crippen LogP contribution in [0.2, 0.25) is 0 Å². The lowest BCUT2D eigenvalue weighted by molar-refractivity contribution is 0.288. The number of hydrogen-bond acceptors (Lipinski definition) is 4. The van der Waals surface area contributed by atoms with Gasteiger partial charge in [-0.15, -0.1) is 0 Å². The van der Waals surface area contributed by atoms with Gasteiger partial charge in [0, 0.05) is 31.5 Å². The van der Waals surface area contributed by atoms with Gasteiger partial charge in [0.2, 0.25) is 15.5 Å². The first-order valence-corrected chi connectivity index (χ1v) is 8.36. The summed E-state index contributed by atoms with van der Waals surface area (Å²) in [6.07, 6.45) is 5.07. The number of hydrogen-bond donors (Lipinski definition) is 2. The molecule has 1 aromatic heterocycles. The average molecular weight is 299 g/mol. The molecule has 1 aliphatic rings. The maximum absolute atomic E-state index is 12.0. The Bertz CT molecular complexity index is 591. The Labute approximate surface area is 119 Å². The number of rotatable bonds is 6. The molecule has 1 unspecified atom stereocenters. The minimum Gasteiger partial charge on any atom is -0.366 e. The maximum atomic E-state index is 12.0. The highest BCUT2D eigenvalue weighted by Crippen LogP contribution is 2.10. The van der Waals surface area contributed by atoms with E-state index >= 15 is 0 Å². The zero-order valence-corrected chi connectivity index (χ0v) is 12.4. The van der Waals surface area contributed by atoms with Crippen molar-refractivity contribution in [3.8, 4) is 0 Å². The van der Waals surface area contributed by atoms with Crippen LogP contribution in [0, 0.1) is 5.92 Å². The van der Waals surface area contributed by atoms with Crippen molar-refractivity contribution in [2.75, 3.05) is 26.2 Å². The number of nitrogens with zero attached hydrogens (tertiary/aromatic N) is 1. The standard InChI is InChI=1S/C13H21N3O3S/c1-11(10-16-6-2-3-7-16)8-15-20(18,19)13-9-14-5-4-12(13)17/h4-5,9,11,15H,2-3,6-8,10H2,1H3,(H,14,17). The van der Waals surface area contributed by atoms with Crippen LogP contribution in [0.1, 0.15) is 19.8 Å². The molecule has 1 saturated heterocycles. The van der Waals surface area contributed by atoms with Crippen LogP contribution in [-0.4, -0.2) is 44.5 Å². The molecule has 0 radical (unpaired) electrons. The summed E-state index contributed by atoms with van der Waals surface area (Å²) in [6, 6.07) is 1.21. The summed E-state index contributed by atoms with van der Waals surface area (Å²) in [5.74, 6) is 0.214. The van der Waals surface area contributed by atoms with Crippen LogP contribution in [0.15, 0.2) is 28.2 Å². The summed E-state index contributed by atoms with van der Waals surface area (Å²) in [5.41, 5.74) is -0.497. The molecule has 7 heteroatoms. The van der Waals surface area contributed by atoms with Gasteiger partial charge in [0.15, 0.2) is 0 Å². The second-order valence-electron chi connectivity index (χ2n) is 5.34. The van der Waals surface area contributed by atoms with E-state index in [-0.39, 0.29) is 10.8 Å². The number of aromatic nitrogens is 1. The minimum absolute atomic E-state index is 0.214. The van der Waals surface area contributed by atoms with Crippen molar-refractivity contribution in [1.82, 2.24) is 14.6 Å². The molecule has 112 valence electrons. The van der Waals surface area contributed by atoms with E-state index in [4.69, 9.17) is 0 Å². The van der Waals surface area contributed by atoms with E-state index in [0.29, 0.717) is 6.54 Å². The molecule has 20 heavy (non-hydrogen) atoms. The van der Waals surface area contributed by atoms with Gasteiger partial charge in [-0.25, -0.2) is 13.1 Å². The fourth-order valence-electron chi connectivity index (χ4n) is 2.41. The quantitative estimate of drug-likeness (QED) is 0.796. The fraction of sp³-hybridized carbons (Fsp3) is 0.615. The lowest BCUT2D eigenvalue weighted by atomic mass is 10.2. The van der Waals surface area contributed by atoms with Gasteiger partial charge in [-0.1, -0.05) is 6.92 Å². The Morgan fingerprint density at radius 3 is 2.75 bits per heavy atom. The molecule has 0 aromatic carbocycles. The molecule has 1 atom stereocenters. The van der Waals surface area contributed by atoms with Gasteiger partial charge in [0.1, 0.15) is 4.90 Å². The van der Waals surface area contributed by atoms with Crippen LogP contribution in [-0.2, 0) is 10.0 Å². The molecule has 1 fully saturated rings. The molecular formula is C13H21N3O3S. The molecule has 0 amide bonds. The first kappa shape index (κ1) is 15.2. The van der Waals surface area contributed by atoms with E-state index < -0.39 is 15.5 Å². The number of sulfonamides is 1. The van der Waals surface area contributed by atoms with Crippen LogP contribution in [0.4, 0.5) is 0 Å². The molecule has 0 bridgehead atoms. The van der Waals surface area contributed by atoms with Gasteiger partial charge in [-0.3, -0.25) is 4.79 Å². The average Bonchev–Trinajstić information content (AvgIpc) is 2.90. The fourth-order valence-corrected chi connectivity index (χ4v) is 3.63. The Kier molecular flexibility index (Phi) is 4.95. The van der Waals surface area contributed by atoms with Crippen LogP contribution >= 0.6 is 0 Å². The highest BCUT2D eigenvalue weighted by Gasteiger charge is 2.20. The topological polar surface area (TPSA) is 82.3 Å². The summed E-state index contributed by atoms with van der Waals surface area (Å²) >= 11 is 0. The van der Waals surface area contributed by atoms with Crippen LogP contribution < -0.4 is 10.2 Å². The van der Waals surface area contributed by atoms with Gasteiger partial charge in [-0.2, -0.15) is 0 Å². The molecule has 0 spiro atoms. The summed E-state index contributed by atoms with van der Waals surface area (Å²) < 4.78 is 26.6.